The second-order valence-electron chi connectivity index (χ2n) is 5.80. The molecule has 2 aromatic carbocycles. The van der Waals surface area contributed by atoms with Crippen LogP contribution in [-0.2, 0) is 4.79 Å². The van der Waals surface area contributed by atoms with E-state index in [2.05, 4.69) is 10.6 Å². The van der Waals surface area contributed by atoms with Gasteiger partial charge in [-0.3, -0.25) is 4.79 Å². The lowest BCUT2D eigenvalue weighted by atomic mass is 10.2. The predicted octanol–water partition coefficient (Wildman–Crippen LogP) is 3.01. The van der Waals surface area contributed by atoms with Crippen LogP contribution in [-0.4, -0.2) is 31.1 Å². The molecule has 1 aliphatic rings. The number of rotatable bonds is 5. The molecule has 1 fully saturated rings. The molecule has 0 saturated carbocycles. The van der Waals surface area contributed by atoms with Crippen molar-refractivity contribution in [1.82, 2.24) is 5.32 Å². The van der Waals surface area contributed by atoms with Crippen LogP contribution in [0.4, 0.5) is 16.2 Å². The van der Waals surface area contributed by atoms with Crippen molar-refractivity contribution in [3.8, 4) is 5.75 Å². The van der Waals surface area contributed by atoms with Crippen molar-refractivity contribution in [2.24, 2.45) is 0 Å². The lowest BCUT2D eigenvalue weighted by Crippen LogP contribution is -2.39. The minimum Gasteiger partial charge on any atom is -0.494 e. The van der Waals surface area contributed by atoms with Crippen LogP contribution in [0.1, 0.15) is 13.3 Å². The van der Waals surface area contributed by atoms with Crippen molar-refractivity contribution < 1.29 is 14.3 Å². The van der Waals surface area contributed by atoms with Gasteiger partial charge in [0.15, 0.2) is 0 Å². The average molecular weight is 339 g/mol. The van der Waals surface area contributed by atoms with Crippen LogP contribution in [0.3, 0.4) is 0 Å². The number of benzene rings is 2. The molecule has 0 aromatic heterocycles. The first kappa shape index (κ1) is 16.8. The van der Waals surface area contributed by atoms with E-state index in [0.717, 1.165) is 11.4 Å². The van der Waals surface area contributed by atoms with Gasteiger partial charge in [0.25, 0.3) is 0 Å². The molecule has 0 unspecified atom stereocenters. The number of amides is 3. The third-order valence-electron chi connectivity index (χ3n) is 3.95. The number of ether oxygens (including phenoxy) is 1. The van der Waals surface area contributed by atoms with E-state index in [4.69, 9.17) is 4.74 Å². The van der Waals surface area contributed by atoms with Crippen molar-refractivity contribution in [3.05, 3.63) is 54.6 Å². The number of nitrogens with zero attached hydrogens (tertiary/aromatic N) is 1. The zero-order valence-corrected chi connectivity index (χ0v) is 14.1. The molecule has 3 amide bonds. The zero-order valence-electron chi connectivity index (χ0n) is 14.1. The van der Waals surface area contributed by atoms with Crippen LogP contribution in [0, 0.1) is 0 Å². The van der Waals surface area contributed by atoms with Gasteiger partial charge in [0.2, 0.25) is 5.91 Å². The van der Waals surface area contributed by atoms with Crippen molar-refractivity contribution in [2.75, 3.05) is 23.4 Å². The molecule has 0 radical (unpaired) electrons. The fourth-order valence-corrected chi connectivity index (χ4v) is 2.82. The highest BCUT2D eigenvalue weighted by Gasteiger charge is 2.31. The Morgan fingerprint density at radius 2 is 1.88 bits per heavy atom. The summed E-state index contributed by atoms with van der Waals surface area (Å²) in [7, 11) is 0. The first-order valence-electron chi connectivity index (χ1n) is 8.31. The number of anilines is 2. The maximum absolute atomic E-state index is 12.2. The molecule has 1 heterocycles. The number of carbonyl (C=O) groups excluding carboxylic acids is 2. The molecule has 6 heteroatoms. The van der Waals surface area contributed by atoms with E-state index in [1.165, 1.54) is 0 Å². The topological polar surface area (TPSA) is 70.7 Å². The number of urea groups is 1. The van der Waals surface area contributed by atoms with Crippen LogP contribution in [0.25, 0.3) is 0 Å². The molecule has 0 bridgehead atoms. The fourth-order valence-electron chi connectivity index (χ4n) is 2.82. The molecule has 1 atom stereocenters. The molecule has 1 aliphatic heterocycles. The number of carbonyl (C=O) groups is 2. The van der Waals surface area contributed by atoms with Crippen LogP contribution >= 0.6 is 0 Å². The summed E-state index contributed by atoms with van der Waals surface area (Å²) in [5.41, 5.74) is 1.52. The quantitative estimate of drug-likeness (QED) is 0.880. The fraction of sp³-hybridized carbons (Fsp3) is 0.263. The first-order valence-corrected chi connectivity index (χ1v) is 8.31. The lowest BCUT2D eigenvalue weighted by molar-refractivity contribution is -0.117. The third-order valence-corrected chi connectivity index (χ3v) is 3.95. The average Bonchev–Trinajstić information content (AvgIpc) is 2.98. The highest BCUT2D eigenvalue weighted by Crippen LogP contribution is 2.21. The summed E-state index contributed by atoms with van der Waals surface area (Å²) in [5.74, 6) is 0.769. The van der Waals surface area contributed by atoms with Gasteiger partial charge in [-0.15, -0.1) is 0 Å². The SMILES string of the molecule is CCOc1ccc(NC(=O)N[C@H]2CC(=O)N(c3ccccc3)C2)cc1. The summed E-state index contributed by atoms with van der Waals surface area (Å²) in [6, 6.07) is 16.1. The monoisotopic (exact) mass is 339 g/mol. The Kier molecular flexibility index (Phi) is 5.18. The summed E-state index contributed by atoms with van der Waals surface area (Å²) in [4.78, 5) is 26.0. The van der Waals surface area contributed by atoms with E-state index in [9.17, 15) is 9.59 Å². The molecule has 0 aliphatic carbocycles. The number of para-hydroxylation sites is 1. The maximum Gasteiger partial charge on any atom is 0.319 e. The van der Waals surface area contributed by atoms with Gasteiger partial charge in [-0.25, -0.2) is 4.79 Å². The Hall–Kier alpha value is -3.02. The van der Waals surface area contributed by atoms with Crippen LogP contribution in [0.5, 0.6) is 5.75 Å². The summed E-state index contributed by atoms with van der Waals surface area (Å²) in [6.07, 6.45) is 0.297. The molecular weight excluding hydrogens is 318 g/mol. The zero-order chi connectivity index (χ0) is 17.6. The number of hydrogen-bond donors (Lipinski definition) is 2. The van der Waals surface area contributed by atoms with E-state index in [-0.39, 0.29) is 18.0 Å². The van der Waals surface area contributed by atoms with Gasteiger partial charge in [0.1, 0.15) is 5.75 Å². The first-order chi connectivity index (χ1) is 12.2. The molecule has 130 valence electrons. The summed E-state index contributed by atoms with van der Waals surface area (Å²) in [6.45, 7) is 2.99. The standard InChI is InChI=1S/C19H21N3O3/c1-2-25-17-10-8-14(9-11-17)20-19(24)21-15-12-18(23)22(13-15)16-6-4-3-5-7-16/h3-11,15H,2,12-13H2,1H3,(H2,20,21,24)/t15-/m0/s1. The maximum atomic E-state index is 12.2. The number of hydrogen-bond acceptors (Lipinski definition) is 3. The van der Waals surface area contributed by atoms with Crippen molar-refractivity contribution in [1.29, 1.82) is 0 Å². The van der Waals surface area contributed by atoms with Gasteiger partial charge in [0.05, 0.1) is 12.6 Å². The molecule has 25 heavy (non-hydrogen) atoms. The van der Waals surface area contributed by atoms with Crippen molar-refractivity contribution in [3.63, 3.8) is 0 Å². The van der Waals surface area contributed by atoms with E-state index in [1.54, 1.807) is 29.2 Å². The van der Waals surface area contributed by atoms with Gasteiger partial charge in [0, 0.05) is 24.3 Å². The Morgan fingerprint density at radius 3 is 2.56 bits per heavy atom. The molecule has 2 N–H and O–H groups in total. The smallest absolute Gasteiger partial charge is 0.319 e. The van der Waals surface area contributed by atoms with Gasteiger partial charge >= 0.3 is 6.03 Å². The highest BCUT2D eigenvalue weighted by molar-refractivity contribution is 5.97. The Labute approximate surface area is 146 Å². The van der Waals surface area contributed by atoms with Crippen molar-refractivity contribution >= 4 is 23.3 Å². The summed E-state index contributed by atoms with van der Waals surface area (Å²) >= 11 is 0. The Morgan fingerprint density at radius 1 is 1.16 bits per heavy atom. The molecule has 3 rings (SSSR count). The van der Waals surface area contributed by atoms with Gasteiger partial charge in [-0.05, 0) is 43.3 Å². The molecule has 0 spiro atoms. The largest absolute Gasteiger partial charge is 0.494 e. The van der Waals surface area contributed by atoms with Crippen LogP contribution in [0.2, 0.25) is 0 Å². The summed E-state index contributed by atoms with van der Waals surface area (Å²) < 4.78 is 5.37. The van der Waals surface area contributed by atoms with Crippen LogP contribution < -0.4 is 20.3 Å². The van der Waals surface area contributed by atoms with Crippen LogP contribution in [0.15, 0.2) is 54.6 Å². The Bertz CT molecular complexity index is 731. The van der Waals surface area contributed by atoms with Gasteiger partial charge in [-0.2, -0.15) is 0 Å². The molecular formula is C19H21N3O3. The van der Waals surface area contributed by atoms with Gasteiger partial charge < -0.3 is 20.3 Å². The second-order valence-corrected chi connectivity index (χ2v) is 5.80. The predicted molar refractivity (Wildman–Crippen MR) is 97.0 cm³/mol. The number of nitrogens with one attached hydrogen (secondary N) is 2. The minimum atomic E-state index is -0.322. The molecule has 6 nitrogen and oxygen atoms in total. The van der Waals surface area contributed by atoms with Gasteiger partial charge in [-0.1, -0.05) is 18.2 Å². The molecule has 1 saturated heterocycles. The van der Waals surface area contributed by atoms with E-state index < -0.39 is 0 Å². The van der Waals surface area contributed by atoms with E-state index >= 15 is 0 Å². The Balaban J connectivity index is 1.54. The van der Waals surface area contributed by atoms with E-state index in [0.29, 0.717) is 25.3 Å². The normalized spacial score (nSPS) is 16.6. The lowest BCUT2D eigenvalue weighted by Gasteiger charge is -2.17. The second kappa shape index (κ2) is 7.70. The third kappa shape index (κ3) is 4.29. The van der Waals surface area contributed by atoms with Crippen molar-refractivity contribution in [2.45, 2.75) is 19.4 Å². The minimum absolute atomic E-state index is 0.0116. The molecule has 2 aromatic rings. The summed E-state index contributed by atoms with van der Waals surface area (Å²) in [5, 5.41) is 5.63. The highest BCUT2D eigenvalue weighted by atomic mass is 16.5. The van der Waals surface area contributed by atoms with E-state index in [1.807, 2.05) is 37.3 Å².